The molecule has 0 aliphatic heterocycles. The van der Waals surface area contributed by atoms with Crippen LogP contribution in [0.1, 0.15) is 5.56 Å². The summed E-state index contributed by atoms with van der Waals surface area (Å²) in [6, 6.07) is 5.54. The van der Waals surface area contributed by atoms with Crippen LogP contribution in [0.5, 0.6) is 0 Å². The number of pyridine rings is 1. The monoisotopic (exact) mass is 292 g/mol. The van der Waals surface area contributed by atoms with Gasteiger partial charge in [-0.25, -0.2) is 4.39 Å². The summed E-state index contributed by atoms with van der Waals surface area (Å²) in [4.78, 5) is 13.9. The van der Waals surface area contributed by atoms with Crippen molar-refractivity contribution in [2.24, 2.45) is 0 Å². The number of benzene rings is 1. The molecule has 0 aliphatic rings. The molecule has 0 amide bonds. The molecule has 2 aromatic rings. The molecule has 0 atom stereocenters. The van der Waals surface area contributed by atoms with Gasteiger partial charge in [-0.15, -0.1) is 0 Å². The summed E-state index contributed by atoms with van der Waals surface area (Å²) >= 11 is 5.63. The Morgan fingerprint density at radius 3 is 2.80 bits per heavy atom. The largest absolute Gasteiger partial charge is 0.349 e. The lowest BCUT2D eigenvalue weighted by molar-refractivity contribution is -0.384. The number of rotatable bonds is 3. The summed E-state index contributed by atoms with van der Waals surface area (Å²) in [5.74, 6) is -0.609. The van der Waals surface area contributed by atoms with Gasteiger partial charge < -0.3 is 5.32 Å². The summed E-state index contributed by atoms with van der Waals surface area (Å²) < 4.78 is 13.1. The van der Waals surface area contributed by atoms with E-state index in [4.69, 9.17) is 16.9 Å². The zero-order chi connectivity index (χ0) is 14.7. The molecule has 0 fully saturated rings. The number of nitriles is 1. The first-order chi connectivity index (χ1) is 9.52. The standard InChI is InChI=1S/C12H6ClFN4O2/c13-9-3-8(1-2-10(9)14)17-12-7(4-15)5-16-6-11(12)18(19)20/h1-3,5-6H,(H,16,17). The SMILES string of the molecule is N#Cc1cncc([N+](=O)[O-])c1Nc1ccc(F)c(Cl)c1. The van der Waals surface area contributed by atoms with Crippen molar-refractivity contribution in [3.63, 3.8) is 0 Å². The molecule has 0 bridgehead atoms. The van der Waals surface area contributed by atoms with Gasteiger partial charge in [-0.3, -0.25) is 15.1 Å². The second-order valence-corrected chi connectivity index (χ2v) is 4.11. The predicted octanol–water partition coefficient (Wildman–Crippen LogP) is 3.40. The number of nitro groups is 1. The van der Waals surface area contributed by atoms with E-state index in [1.165, 1.54) is 18.3 Å². The Morgan fingerprint density at radius 2 is 2.20 bits per heavy atom. The summed E-state index contributed by atoms with van der Waals surface area (Å²) in [5.41, 5.74) is -0.0541. The van der Waals surface area contributed by atoms with Gasteiger partial charge in [-0.2, -0.15) is 5.26 Å². The highest BCUT2D eigenvalue weighted by atomic mass is 35.5. The van der Waals surface area contributed by atoms with E-state index in [-0.39, 0.29) is 22.0 Å². The molecule has 1 aromatic carbocycles. The molecule has 1 N–H and O–H groups in total. The summed E-state index contributed by atoms with van der Waals surface area (Å²) in [5, 5.41) is 22.4. The molecule has 2 rings (SSSR count). The molecular formula is C12H6ClFN4O2. The smallest absolute Gasteiger partial charge is 0.312 e. The Kier molecular flexibility index (Phi) is 3.77. The Balaban J connectivity index is 2.49. The maximum absolute atomic E-state index is 13.1. The van der Waals surface area contributed by atoms with Gasteiger partial charge in [0.1, 0.15) is 29.3 Å². The second-order valence-electron chi connectivity index (χ2n) is 3.70. The second kappa shape index (κ2) is 5.50. The zero-order valence-electron chi connectivity index (χ0n) is 9.80. The minimum atomic E-state index is -0.665. The molecular weight excluding hydrogens is 287 g/mol. The fourth-order valence-electron chi connectivity index (χ4n) is 1.52. The normalized spacial score (nSPS) is 9.85. The van der Waals surface area contributed by atoms with Crippen molar-refractivity contribution in [3.8, 4) is 6.07 Å². The maximum atomic E-state index is 13.1. The van der Waals surface area contributed by atoms with Gasteiger partial charge in [-0.05, 0) is 18.2 Å². The van der Waals surface area contributed by atoms with Crippen LogP contribution < -0.4 is 5.32 Å². The van der Waals surface area contributed by atoms with E-state index in [9.17, 15) is 14.5 Å². The van der Waals surface area contributed by atoms with E-state index in [2.05, 4.69) is 10.3 Å². The molecule has 0 saturated carbocycles. The van der Waals surface area contributed by atoms with Gasteiger partial charge in [0.2, 0.25) is 0 Å². The number of halogens is 2. The van der Waals surface area contributed by atoms with Gasteiger partial charge in [0, 0.05) is 11.9 Å². The van der Waals surface area contributed by atoms with E-state index in [0.717, 1.165) is 12.3 Å². The molecule has 0 saturated heterocycles. The third-order valence-corrected chi connectivity index (χ3v) is 2.72. The molecule has 1 aromatic heterocycles. The van der Waals surface area contributed by atoms with E-state index in [1.807, 2.05) is 0 Å². The minimum absolute atomic E-state index is 0.000326. The van der Waals surface area contributed by atoms with Crippen LogP contribution in [-0.4, -0.2) is 9.91 Å². The first-order valence-electron chi connectivity index (χ1n) is 5.27. The number of hydrogen-bond donors (Lipinski definition) is 1. The topological polar surface area (TPSA) is 91.8 Å². The number of aromatic nitrogens is 1. The fourth-order valence-corrected chi connectivity index (χ4v) is 1.70. The quantitative estimate of drug-likeness (QED) is 0.691. The average Bonchev–Trinajstić information content (AvgIpc) is 2.43. The van der Waals surface area contributed by atoms with Crippen LogP contribution in [0, 0.1) is 27.3 Å². The van der Waals surface area contributed by atoms with Gasteiger partial charge in [0.25, 0.3) is 0 Å². The van der Waals surface area contributed by atoms with Gasteiger partial charge >= 0.3 is 5.69 Å². The molecule has 0 radical (unpaired) electrons. The van der Waals surface area contributed by atoms with Crippen molar-refractivity contribution >= 4 is 28.7 Å². The highest BCUT2D eigenvalue weighted by molar-refractivity contribution is 6.31. The van der Waals surface area contributed by atoms with Crippen LogP contribution in [0.25, 0.3) is 0 Å². The summed E-state index contributed by atoms with van der Waals surface area (Å²) in [6.45, 7) is 0. The van der Waals surface area contributed by atoms with Crippen molar-refractivity contribution in [1.82, 2.24) is 4.98 Å². The van der Waals surface area contributed by atoms with Crippen LogP contribution in [0.2, 0.25) is 5.02 Å². The van der Waals surface area contributed by atoms with Crippen molar-refractivity contribution in [1.29, 1.82) is 5.26 Å². The van der Waals surface area contributed by atoms with Crippen molar-refractivity contribution in [3.05, 3.63) is 57.1 Å². The molecule has 6 nitrogen and oxygen atoms in total. The first kappa shape index (κ1) is 13.7. The van der Waals surface area contributed by atoms with Crippen molar-refractivity contribution in [2.45, 2.75) is 0 Å². The van der Waals surface area contributed by atoms with Crippen LogP contribution in [0.4, 0.5) is 21.5 Å². The Bertz CT molecular complexity index is 730. The third kappa shape index (κ3) is 2.65. The van der Waals surface area contributed by atoms with E-state index < -0.39 is 10.7 Å². The molecule has 100 valence electrons. The molecule has 8 heteroatoms. The predicted molar refractivity (Wildman–Crippen MR) is 70.3 cm³/mol. The number of anilines is 2. The van der Waals surface area contributed by atoms with Crippen LogP contribution >= 0.6 is 11.6 Å². The lowest BCUT2D eigenvalue weighted by Crippen LogP contribution is -2.01. The van der Waals surface area contributed by atoms with E-state index in [0.29, 0.717) is 5.69 Å². The Morgan fingerprint density at radius 1 is 1.45 bits per heavy atom. The molecule has 0 spiro atoms. The molecule has 20 heavy (non-hydrogen) atoms. The summed E-state index contributed by atoms with van der Waals surface area (Å²) in [7, 11) is 0. The highest BCUT2D eigenvalue weighted by Gasteiger charge is 2.19. The van der Waals surface area contributed by atoms with Crippen molar-refractivity contribution < 1.29 is 9.31 Å². The van der Waals surface area contributed by atoms with Crippen LogP contribution in [0.3, 0.4) is 0 Å². The zero-order valence-corrected chi connectivity index (χ0v) is 10.6. The van der Waals surface area contributed by atoms with E-state index >= 15 is 0 Å². The highest BCUT2D eigenvalue weighted by Crippen LogP contribution is 2.31. The fraction of sp³-hybridized carbons (Fsp3) is 0. The summed E-state index contributed by atoms with van der Waals surface area (Å²) in [6.07, 6.45) is 2.22. The number of hydrogen-bond acceptors (Lipinski definition) is 5. The average molecular weight is 293 g/mol. The molecule has 0 aliphatic carbocycles. The third-order valence-electron chi connectivity index (χ3n) is 2.43. The molecule has 1 heterocycles. The van der Waals surface area contributed by atoms with Crippen molar-refractivity contribution in [2.75, 3.05) is 5.32 Å². The van der Waals surface area contributed by atoms with E-state index in [1.54, 1.807) is 6.07 Å². The Labute approximate surface area is 117 Å². The lowest BCUT2D eigenvalue weighted by atomic mass is 10.2. The van der Waals surface area contributed by atoms with Gasteiger partial charge in [0.05, 0.1) is 9.95 Å². The first-order valence-corrected chi connectivity index (χ1v) is 5.65. The van der Waals surface area contributed by atoms with Gasteiger partial charge in [0.15, 0.2) is 0 Å². The maximum Gasteiger partial charge on any atom is 0.312 e. The van der Waals surface area contributed by atoms with Crippen LogP contribution in [0.15, 0.2) is 30.6 Å². The number of nitrogens with zero attached hydrogens (tertiary/aromatic N) is 3. The number of nitrogens with one attached hydrogen (secondary N) is 1. The lowest BCUT2D eigenvalue weighted by Gasteiger charge is -2.08. The molecule has 0 unspecified atom stereocenters. The van der Waals surface area contributed by atoms with Crippen LogP contribution in [-0.2, 0) is 0 Å². The minimum Gasteiger partial charge on any atom is -0.349 e. The van der Waals surface area contributed by atoms with Gasteiger partial charge in [-0.1, -0.05) is 11.6 Å². The Hall–Kier alpha value is -2.72.